The second kappa shape index (κ2) is 11.1. The molecule has 1 N–H and O–H groups in total. The van der Waals surface area contributed by atoms with E-state index in [1.54, 1.807) is 35.8 Å². The van der Waals surface area contributed by atoms with Gasteiger partial charge in [0.25, 0.3) is 0 Å². The molecular formula is C22H27ClN2O2S. The van der Waals surface area contributed by atoms with Gasteiger partial charge in [0, 0.05) is 24.4 Å². The maximum absolute atomic E-state index is 13.0. The van der Waals surface area contributed by atoms with Gasteiger partial charge in [-0.25, -0.2) is 0 Å². The fraction of sp³-hybridized carbons (Fsp3) is 0.364. The molecule has 2 aromatic carbocycles. The number of likely N-dealkylation sites (N-methyl/N-ethyl adjacent to an activating group) is 1. The lowest BCUT2D eigenvalue weighted by Gasteiger charge is -2.30. The highest BCUT2D eigenvalue weighted by Gasteiger charge is 2.27. The van der Waals surface area contributed by atoms with E-state index in [2.05, 4.69) is 24.4 Å². The molecule has 0 bridgehead atoms. The fourth-order valence-electron chi connectivity index (χ4n) is 2.98. The van der Waals surface area contributed by atoms with E-state index in [0.717, 1.165) is 11.3 Å². The molecule has 2 rings (SSSR count). The minimum Gasteiger partial charge on any atom is -0.357 e. The van der Waals surface area contributed by atoms with Crippen LogP contribution in [0.5, 0.6) is 0 Å². The quantitative estimate of drug-likeness (QED) is 0.655. The van der Waals surface area contributed by atoms with Gasteiger partial charge in [-0.2, -0.15) is 0 Å². The molecule has 0 aliphatic heterocycles. The molecule has 2 amide bonds. The highest BCUT2D eigenvalue weighted by molar-refractivity contribution is 7.99. The van der Waals surface area contributed by atoms with Crippen molar-refractivity contribution in [3.8, 4) is 0 Å². The lowest BCUT2D eigenvalue weighted by atomic mass is 10.1. The number of hydrogen-bond donors (Lipinski definition) is 1. The summed E-state index contributed by atoms with van der Waals surface area (Å²) in [6.45, 7) is 4.37. The molecule has 6 heteroatoms. The van der Waals surface area contributed by atoms with Crippen molar-refractivity contribution in [1.29, 1.82) is 0 Å². The molecule has 0 fully saturated rings. The van der Waals surface area contributed by atoms with E-state index in [-0.39, 0.29) is 11.8 Å². The van der Waals surface area contributed by atoms with Gasteiger partial charge in [-0.3, -0.25) is 9.59 Å². The number of thioether (sulfide) groups is 1. The minimum atomic E-state index is -0.493. The molecule has 0 heterocycles. The zero-order chi connectivity index (χ0) is 20.5. The highest BCUT2D eigenvalue weighted by Crippen LogP contribution is 2.19. The summed E-state index contributed by atoms with van der Waals surface area (Å²) in [7, 11) is 1.60. The first kappa shape index (κ1) is 22.3. The molecule has 150 valence electrons. The molecular weight excluding hydrogens is 392 g/mol. The largest absolute Gasteiger partial charge is 0.357 e. The van der Waals surface area contributed by atoms with Crippen LogP contribution < -0.4 is 5.32 Å². The van der Waals surface area contributed by atoms with Crippen LogP contribution in [0.4, 0.5) is 0 Å². The normalized spacial score (nSPS) is 11.7. The summed E-state index contributed by atoms with van der Waals surface area (Å²) in [5, 5.41) is 3.32. The second-order valence-electron chi connectivity index (χ2n) is 6.61. The Bertz CT molecular complexity index is 795. The lowest BCUT2D eigenvalue weighted by Crippen LogP contribution is -2.48. The Morgan fingerprint density at radius 1 is 1.14 bits per heavy atom. The van der Waals surface area contributed by atoms with E-state index >= 15 is 0 Å². The fourth-order valence-corrected chi connectivity index (χ4v) is 4.09. The molecule has 2 aromatic rings. The van der Waals surface area contributed by atoms with Crippen molar-refractivity contribution in [1.82, 2.24) is 10.2 Å². The molecule has 0 unspecified atom stereocenters. The predicted octanol–water partition coefficient (Wildman–Crippen LogP) is 4.44. The van der Waals surface area contributed by atoms with Crippen LogP contribution >= 0.6 is 23.4 Å². The Labute approximate surface area is 176 Å². The lowest BCUT2D eigenvalue weighted by molar-refractivity contribution is -0.139. The first-order chi connectivity index (χ1) is 13.5. The SMILES string of the molecule is CC[C@@H](C(=O)NC)N(Cc1ccc(Cl)cc1)C(=O)CSCc1ccccc1C. The first-order valence-electron chi connectivity index (χ1n) is 9.34. The molecule has 0 saturated heterocycles. The van der Waals surface area contributed by atoms with Gasteiger partial charge >= 0.3 is 0 Å². The molecule has 4 nitrogen and oxygen atoms in total. The summed E-state index contributed by atoms with van der Waals surface area (Å²) < 4.78 is 0. The van der Waals surface area contributed by atoms with Crippen LogP contribution in [0.15, 0.2) is 48.5 Å². The summed E-state index contributed by atoms with van der Waals surface area (Å²) in [5.41, 5.74) is 3.39. The topological polar surface area (TPSA) is 49.4 Å². The number of halogens is 1. The number of rotatable bonds is 9. The Morgan fingerprint density at radius 3 is 2.43 bits per heavy atom. The third-order valence-corrected chi connectivity index (χ3v) is 5.86. The summed E-state index contributed by atoms with van der Waals surface area (Å²) in [6, 6.07) is 15.1. The van der Waals surface area contributed by atoms with E-state index in [1.165, 1.54) is 11.1 Å². The van der Waals surface area contributed by atoms with Crippen molar-refractivity contribution < 1.29 is 9.59 Å². The maximum atomic E-state index is 13.0. The van der Waals surface area contributed by atoms with Crippen LogP contribution in [-0.4, -0.2) is 35.6 Å². The monoisotopic (exact) mass is 418 g/mol. The van der Waals surface area contributed by atoms with E-state index in [4.69, 9.17) is 11.6 Å². The summed E-state index contributed by atoms with van der Waals surface area (Å²) in [6.07, 6.45) is 0.557. The van der Waals surface area contributed by atoms with Crippen LogP contribution in [0.3, 0.4) is 0 Å². The van der Waals surface area contributed by atoms with E-state index in [0.29, 0.717) is 23.7 Å². The maximum Gasteiger partial charge on any atom is 0.242 e. The van der Waals surface area contributed by atoms with Crippen LogP contribution in [0.2, 0.25) is 5.02 Å². The zero-order valence-corrected chi connectivity index (χ0v) is 18.1. The number of aryl methyl sites for hydroxylation is 1. The molecule has 0 saturated carbocycles. The van der Waals surface area contributed by atoms with Crippen LogP contribution in [0.25, 0.3) is 0 Å². The number of nitrogens with zero attached hydrogens (tertiary/aromatic N) is 1. The molecule has 0 aliphatic rings. The number of nitrogens with one attached hydrogen (secondary N) is 1. The Kier molecular flexibility index (Phi) is 8.87. The smallest absolute Gasteiger partial charge is 0.242 e. The van der Waals surface area contributed by atoms with Gasteiger partial charge in [0.1, 0.15) is 6.04 Å². The summed E-state index contributed by atoms with van der Waals surface area (Å²) in [4.78, 5) is 27.0. The van der Waals surface area contributed by atoms with Gasteiger partial charge in [0.15, 0.2) is 0 Å². The second-order valence-corrected chi connectivity index (χ2v) is 8.03. The van der Waals surface area contributed by atoms with E-state index in [1.807, 2.05) is 31.2 Å². The number of benzene rings is 2. The molecule has 0 aliphatic carbocycles. The zero-order valence-electron chi connectivity index (χ0n) is 16.6. The van der Waals surface area contributed by atoms with Crippen molar-refractivity contribution in [2.24, 2.45) is 0 Å². The van der Waals surface area contributed by atoms with Crippen molar-refractivity contribution in [2.75, 3.05) is 12.8 Å². The van der Waals surface area contributed by atoms with Crippen molar-refractivity contribution in [2.45, 2.75) is 38.6 Å². The van der Waals surface area contributed by atoms with Gasteiger partial charge in [0.05, 0.1) is 5.75 Å². The van der Waals surface area contributed by atoms with Crippen molar-refractivity contribution in [3.63, 3.8) is 0 Å². The molecule has 28 heavy (non-hydrogen) atoms. The van der Waals surface area contributed by atoms with Gasteiger partial charge in [-0.05, 0) is 42.2 Å². The number of hydrogen-bond acceptors (Lipinski definition) is 3. The number of amides is 2. The summed E-state index contributed by atoms with van der Waals surface area (Å²) in [5.74, 6) is 0.914. The third-order valence-electron chi connectivity index (χ3n) is 4.64. The Balaban J connectivity index is 2.10. The highest BCUT2D eigenvalue weighted by atomic mass is 35.5. The first-order valence-corrected chi connectivity index (χ1v) is 10.9. The van der Waals surface area contributed by atoms with Crippen LogP contribution in [0, 0.1) is 6.92 Å². The number of carbonyl (C=O) groups is 2. The standard InChI is InChI=1S/C22H27ClN2O2S/c1-4-20(22(27)24-3)25(13-17-9-11-19(23)12-10-17)21(26)15-28-14-18-8-6-5-7-16(18)2/h5-12,20H,4,13-15H2,1-3H3,(H,24,27)/t20-/m0/s1. The van der Waals surface area contributed by atoms with Crippen LogP contribution in [-0.2, 0) is 21.9 Å². The minimum absolute atomic E-state index is 0.0380. The van der Waals surface area contributed by atoms with Gasteiger partial charge in [-0.15, -0.1) is 11.8 Å². The van der Waals surface area contributed by atoms with Crippen LogP contribution in [0.1, 0.15) is 30.0 Å². The molecule has 1 atom stereocenters. The Morgan fingerprint density at radius 2 is 1.82 bits per heavy atom. The molecule has 0 spiro atoms. The average Bonchev–Trinajstić information content (AvgIpc) is 2.70. The summed E-state index contributed by atoms with van der Waals surface area (Å²) >= 11 is 7.54. The van der Waals surface area contributed by atoms with Crippen molar-refractivity contribution in [3.05, 3.63) is 70.2 Å². The van der Waals surface area contributed by atoms with Gasteiger partial charge < -0.3 is 10.2 Å². The van der Waals surface area contributed by atoms with E-state index in [9.17, 15) is 9.59 Å². The average molecular weight is 419 g/mol. The third kappa shape index (κ3) is 6.28. The van der Waals surface area contributed by atoms with Crippen molar-refractivity contribution >= 4 is 35.2 Å². The van der Waals surface area contributed by atoms with E-state index < -0.39 is 6.04 Å². The van der Waals surface area contributed by atoms with Gasteiger partial charge in [0.2, 0.25) is 11.8 Å². The molecule has 0 radical (unpaired) electrons. The number of carbonyl (C=O) groups excluding carboxylic acids is 2. The molecule has 0 aromatic heterocycles. The Hall–Kier alpha value is -1.98. The predicted molar refractivity (Wildman–Crippen MR) is 117 cm³/mol. The van der Waals surface area contributed by atoms with Gasteiger partial charge in [-0.1, -0.05) is 54.9 Å².